The monoisotopic (exact) mass is 232 g/mol. The summed E-state index contributed by atoms with van der Waals surface area (Å²) < 4.78 is 0. The molecule has 0 N–H and O–H groups in total. The van der Waals surface area contributed by atoms with E-state index in [2.05, 4.69) is 48.6 Å². The van der Waals surface area contributed by atoms with Gasteiger partial charge in [0.05, 0.1) is 0 Å². The van der Waals surface area contributed by atoms with Crippen molar-refractivity contribution in [1.29, 1.82) is 0 Å². The van der Waals surface area contributed by atoms with E-state index in [9.17, 15) is 0 Å². The van der Waals surface area contributed by atoms with E-state index in [1.807, 2.05) is 0 Å². The van der Waals surface area contributed by atoms with Gasteiger partial charge in [0.15, 0.2) is 0 Å². The highest BCUT2D eigenvalue weighted by molar-refractivity contribution is 5.47. The summed E-state index contributed by atoms with van der Waals surface area (Å²) in [7, 11) is 0. The van der Waals surface area contributed by atoms with Gasteiger partial charge in [-0.15, -0.1) is 0 Å². The third-order valence-corrected chi connectivity index (χ3v) is 4.24. The van der Waals surface area contributed by atoms with Crippen LogP contribution in [0.1, 0.15) is 24.0 Å². The summed E-state index contributed by atoms with van der Waals surface area (Å²) in [6.45, 7) is 0. The van der Waals surface area contributed by atoms with Crippen molar-refractivity contribution in [2.24, 2.45) is 0 Å². The van der Waals surface area contributed by atoms with Crippen molar-refractivity contribution in [1.82, 2.24) is 0 Å². The van der Waals surface area contributed by atoms with Gasteiger partial charge in [0.25, 0.3) is 0 Å². The van der Waals surface area contributed by atoms with Crippen LogP contribution in [0.25, 0.3) is 12.2 Å². The molecule has 4 rings (SSSR count). The number of fused-ring (bicyclic) bond motifs is 4. The predicted molar refractivity (Wildman–Crippen MR) is 75.4 cm³/mol. The molecule has 0 unspecified atom stereocenters. The summed E-state index contributed by atoms with van der Waals surface area (Å²) in [6.07, 6.45) is 9.69. The molecule has 0 spiro atoms. The summed E-state index contributed by atoms with van der Waals surface area (Å²) in [4.78, 5) is 0. The van der Waals surface area contributed by atoms with Crippen LogP contribution in [0.2, 0.25) is 0 Å². The maximum absolute atomic E-state index is 2.40. The van der Waals surface area contributed by atoms with E-state index in [-0.39, 0.29) is 0 Å². The van der Waals surface area contributed by atoms with Crippen LogP contribution in [-0.4, -0.2) is 0 Å². The Morgan fingerprint density at radius 2 is 1.67 bits per heavy atom. The van der Waals surface area contributed by atoms with Crippen LogP contribution in [-0.2, 0) is 12.8 Å². The van der Waals surface area contributed by atoms with E-state index >= 15 is 0 Å². The molecule has 0 aliphatic heterocycles. The maximum Gasteiger partial charge on any atom is -0.00791 e. The average Bonchev–Trinajstić information content (AvgIpc) is 2.46. The average molecular weight is 232 g/mol. The highest BCUT2D eigenvalue weighted by Crippen LogP contribution is 2.17. The van der Waals surface area contributed by atoms with Gasteiger partial charge < -0.3 is 0 Å². The Bertz CT molecular complexity index is 825. The molecule has 0 amide bonds. The van der Waals surface area contributed by atoms with Crippen LogP contribution in [0.4, 0.5) is 0 Å². The van der Waals surface area contributed by atoms with Crippen molar-refractivity contribution >= 4 is 12.2 Å². The lowest BCUT2D eigenvalue weighted by Gasteiger charge is -2.16. The number of benzene rings is 2. The van der Waals surface area contributed by atoms with Crippen molar-refractivity contribution < 1.29 is 0 Å². The smallest absolute Gasteiger partial charge is 0.00791 e. The molecule has 88 valence electrons. The van der Waals surface area contributed by atoms with E-state index in [0.29, 0.717) is 0 Å². The number of hydrogen-bond acceptors (Lipinski definition) is 0. The van der Waals surface area contributed by atoms with Crippen molar-refractivity contribution in [2.45, 2.75) is 25.7 Å². The molecule has 2 aliphatic rings. The van der Waals surface area contributed by atoms with Gasteiger partial charge in [-0.05, 0) is 57.7 Å². The van der Waals surface area contributed by atoms with Crippen LogP contribution >= 0.6 is 0 Å². The van der Waals surface area contributed by atoms with E-state index in [0.717, 1.165) is 6.42 Å². The molecule has 0 nitrogen and oxygen atoms in total. The molecule has 0 heterocycles. The molecule has 0 heteroatoms. The minimum Gasteiger partial charge on any atom is -0.0770 e. The SMILES string of the molecule is C1=c2ccc3c(c2CCC1)CC=c1ccccc1=3. The first kappa shape index (κ1) is 10.1. The molecule has 0 saturated carbocycles. The Hall–Kier alpha value is -1.82. The molecular weight excluding hydrogens is 216 g/mol. The molecule has 0 saturated heterocycles. The standard InChI is InChI=1S/C18H16/c1-3-7-15-13(5-1)9-11-18-16-8-4-2-6-14(16)10-12-17(15)18/h1,3,5-7,9-10,12H,2,4,8,11H2. The fourth-order valence-corrected chi connectivity index (χ4v) is 3.35. The second-order valence-corrected chi connectivity index (χ2v) is 5.25. The third kappa shape index (κ3) is 1.38. The van der Waals surface area contributed by atoms with Gasteiger partial charge in [0.1, 0.15) is 0 Å². The van der Waals surface area contributed by atoms with Crippen LogP contribution in [0.15, 0.2) is 36.4 Å². The van der Waals surface area contributed by atoms with Gasteiger partial charge >= 0.3 is 0 Å². The second kappa shape index (κ2) is 3.84. The molecule has 0 atom stereocenters. The molecule has 0 radical (unpaired) electrons. The van der Waals surface area contributed by atoms with E-state index in [1.54, 1.807) is 11.1 Å². The largest absolute Gasteiger partial charge is 0.0770 e. The van der Waals surface area contributed by atoms with Crippen LogP contribution in [0.3, 0.4) is 0 Å². The molecule has 2 aliphatic carbocycles. The van der Waals surface area contributed by atoms with E-state index < -0.39 is 0 Å². The minimum absolute atomic E-state index is 1.10. The summed E-state index contributed by atoms with van der Waals surface area (Å²) >= 11 is 0. The summed E-state index contributed by atoms with van der Waals surface area (Å²) in [5.74, 6) is 0. The van der Waals surface area contributed by atoms with E-state index in [1.165, 1.54) is 40.1 Å². The van der Waals surface area contributed by atoms with Gasteiger partial charge in [-0.1, -0.05) is 48.6 Å². The normalized spacial score (nSPS) is 15.8. The lowest BCUT2D eigenvalue weighted by atomic mass is 9.89. The first-order valence-corrected chi connectivity index (χ1v) is 6.84. The third-order valence-electron chi connectivity index (χ3n) is 4.24. The molecule has 0 bridgehead atoms. The topological polar surface area (TPSA) is 0 Å². The molecular formula is C18H16. The van der Waals surface area contributed by atoms with Crippen molar-refractivity contribution in [3.05, 3.63) is 68.4 Å². The second-order valence-electron chi connectivity index (χ2n) is 5.25. The zero-order valence-electron chi connectivity index (χ0n) is 10.4. The Kier molecular flexibility index (Phi) is 2.16. The van der Waals surface area contributed by atoms with Crippen LogP contribution < -0.4 is 10.4 Å². The lowest BCUT2D eigenvalue weighted by Crippen LogP contribution is -2.19. The predicted octanol–water partition coefficient (Wildman–Crippen LogP) is 2.43. The van der Waals surface area contributed by atoms with Crippen molar-refractivity contribution in [3.8, 4) is 0 Å². The molecule has 18 heavy (non-hydrogen) atoms. The first-order valence-electron chi connectivity index (χ1n) is 6.84. The Labute approximate surface area is 107 Å². The zero-order valence-corrected chi connectivity index (χ0v) is 10.4. The minimum atomic E-state index is 1.10. The summed E-state index contributed by atoms with van der Waals surface area (Å²) in [5.41, 5.74) is 3.17. The maximum atomic E-state index is 2.40. The van der Waals surface area contributed by atoms with Crippen molar-refractivity contribution in [2.75, 3.05) is 0 Å². The van der Waals surface area contributed by atoms with Crippen molar-refractivity contribution in [3.63, 3.8) is 0 Å². The fourth-order valence-electron chi connectivity index (χ4n) is 3.35. The van der Waals surface area contributed by atoms with Gasteiger partial charge in [-0.3, -0.25) is 0 Å². The summed E-state index contributed by atoms with van der Waals surface area (Å²) in [6, 6.07) is 13.4. The van der Waals surface area contributed by atoms with Gasteiger partial charge in [-0.25, -0.2) is 0 Å². The van der Waals surface area contributed by atoms with Gasteiger partial charge in [-0.2, -0.15) is 0 Å². The zero-order chi connectivity index (χ0) is 11.9. The van der Waals surface area contributed by atoms with Crippen LogP contribution in [0, 0.1) is 10.4 Å². The number of rotatable bonds is 0. The quantitative estimate of drug-likeness (QED) is 0.654. The van der Waals surface area contributed by atoms with Crippen LogP contribution in [0.5, 0.6) is 0 Å². The van der Waals surface area contributed by atoms with E-state index in [4.69, 9.17) is 0 Å². The first-order chi connectivity index (χ1) is 8.93. The highest BCUT2D eigenvalue weighted by atomic mass is 14.1. The Morgan fingerprint density at radius 1 is 0.722 bits per heavy atom. The molecule has 0 fully saturated rings. The molecule has 0 aromatic heterocycles. The Morgan fingerprint density at radius 3 is 2.67 bits per heavy atom. The fraction of sp³-hybridized carbons (Fsp3) is 0.222. The van der Waals surface area contributed by atoms with Gasteiger partial charge in [0, 0.05) is 0 Å². The molecule has 2 aromatic carbocycles. The molecule has 2 aromatic rings. The lowest BCUT2D eigenvalue weighted by molar-refractivity contribution is 0.824. The van der Waals surface area contributed by atoms with Gasteiger partial charge in [0.2, 0.25) is 0 Å². The highest BCUT2D eigenvalue weighted by Gasteiger charge is 2.10. The Balaban J connectivity index is 2.25. The summed E-state index contributed by atoms with van der Waals surface area (Å²) in [5, 5.41) is 5.74. The number of hydrogen-bond donors (Lipinski definition) is 0.